The van der Waals surface area contributed by atoms with Gasteiger partial charge in [0, 0.05) is 23.5 Å². The molecule has 0 radical (unpaired) electrons. The third-order valence-electron chi connectivity index (χ3n) is 5.26. The van der Waals surface area contributed by atoms with Crippen molar-refractivity contribution in [3.05, 3.63) is 95.3 Å². The van der Waals surface area contributed by atoms with Crippen molar-refractivity contribution >= 4 is 29.0 Å². The molecule has 168 valence electrons. The van der Waals surface area contributed by atoms with Crippen molar-refractivity contribution < 1.29 is 4.79 Å². The molecular formula is C25H21N7OS. The van der Waals surface area contributed by atoms with E-state index >= 15 is 0 Å². The Balaban J connectivity index is 1.40. The zero-order valence-electron chi connectivity index (χ0n) is 18.6. The lowest BCUT2D eigenvalue weighted by Crippen LogP contribution is -2.09. The molecule has 0 unspecified atom stereocenters. The van der Waals surface area contributed by atoms with Crippen molar-refractivity contribution in [3.8, 4) is 21.9 Å². The van der Waals surface area contributed by atoms with Crippen LogP contribution in [-0.2, 0) is 4.79 Å². The summed E-state index contributed by atoms with van der Waals surface area (Å²) in [5, 5.41) is 21.4. The average molecular weight is 468 g/mol. The van der Waals surface area contributed by atoms with Crippen LogP contribution in [-0.4, -0.2) is 35.9 Å². The predicted molar refractivity (Wildman–Crippen MR) is 133 cm³/mol. The van der Waals surface area contributed by atoms with Crippen LogP contribution in [0.2, 0.25) is 0 Å². The van der Waals surface area contributed by atoms with E-state index in [9.17, 15) is 4.79 Å². The second-order valence-electron chi connectivity index (χ2n) is 7.65. The number of hydrogen-bond donors (Lipinski definition) is 1. The molecule has 1 N–H and O–H groups in total. The zero-order chi connectivity index (χ0) is 23.5. The summed E-state index contributed by atoms with van der Waals surface area (Å²) in [7, 11) is 0. The summed E-state index contributed by atoms with van der Waals surface area (Å²) in [6.07, 6.45) is 5.24. The third-order valence-corrected chi connectivity index (χ3v) is 6.14. The van der Waals surface area contributed by atoms with Gasteiger partial charge in [0.25, 0.3) is 0 Å². The highest BCUT2D eigenvalue weighted by Crippen LogP contribution is 2.28. The molecule has 1 amide bonds. The molecule has 0 atom stereocenters. The van der Waals surface area contributed by atoms with Crippen molar-refractivity contribution in [2.75, 3.05) is 5.32 Å². The summed E-state index contributed by atoms with van der Waals surface area (Å²) in [6.45, 7) is 3.80. The van der Waals surface area contributed by atoms with Crippen molar-refractivity contribution in [1.82, 2.24) is 30.0 Å². The maximum Gasteiger partial charge on any atom is 0.248 e. The summed E-state index contributed by atoms with van der Waals surface area (Å²) in [5.74, 6) is 0.427. The molecule has 2 aromatic carbocycles. The highest BCUT2D eigenvalue weighted by Gasteiger charge is 2.12. The van der Waals surface area contributed by atoms with E-state index in [2.05, 4.69) is 20.8 Å². The van der Waals surface area contributed by atoms with Gasteiger partial charge in [-0.2, -0.15) is 9.78 Å². The summed E-state index contributed by atoms with van der Waals surface area (Å²) in [6, 6.07) is 19.5. The summed E-state index contributed by atoms with van der Waals surface area (Å²) in [4.78, 5) is 13.8. The first kappa shape index (κ1) is 21.5. The number of tetrazole rings is 1. The zero-order valence-corrected chi connectivity index (χ0v) is 19.4. The van der Waals surface area contributed by atoms with Crippen LogP contribution >= 0.6 is 11.3 Å². The van der Waals surface area contributed by atoms with E-state index in [1.165, 1.54) is 6.08 Å². The van der Waals surface area contributed by atoms with Gasteiger partial charge >= 0.3 is 0 Å². The van der Waals surface area contributed by atoms with Crippen LogP contribution in [0.25, 0.3) is 28.0 Å². The van der Waals surface area contributed by atoms with E-state index in [4.69, 9.17) is 5.10 Å². The van der Waals surface area contributed by atoms with Crippen LogP contribution in [0.4, 0.5) is 5.69 Å². The van der Waals surface area contributed by atoms with Gasteiger partial charge in [0.2, 0.25) is 5.91 Å². The van der Waals surface area contributed by atoms with Gasteiger partial charge in [-0.05, 0) is 71.6 Å². The molecule has 0 aliphatic carbocycles. The van der Waals surface area contributed by atoms with Gasteiger partial charge in [-0.3, -0.25) is 4.79 Å². The molecule has 3 heterocycles. The molecule has 34 heavy (non-hydrogen) atoms. The number of nitrogens with zero attached hydrogens (tertiary/aromatic N) is 6. The van der Waals surface area contributed by atoms with Crippen molar-refractivity contribution in [3.63, 3.8) is 0 Å². The molecule has 0 saturated carbocycles. The van der Waals surface area contributed by atoms with E-state index < -0.39 is 0 Å². The maximum atomic E-state index is 12.7. The van der Waals surface area contributed by atoms with Crippen LogP contribution in [0.5, 0.6) is 0 Å². The number of carbonyl (C=O) groups excluding carboxylic acids is 1. The van der Waals surface area contributed by atoms with E-state index in [0.29, 0.717) is 11.5 Å². The maximum absolute atomic E-state index is 12.7. The van der Waals surface area contributed by atoms with Crippen LogP contribution in [0, 0.1) is 13.8 Å². The lowest BCUT2D eigenvalue weighted by Gasteiger charge is -2.09. The molecule has 8 nitrogen and oxygen atoms in total. The Hall–Kier alpha value is -4.37. The molecule has 9 heteroatoms. The minimum atomic E-state index is -0.243. The Morgan fingerprint density at radius 3 is 2.65 bits per heavy atom. The van der Waals surface area contributed by atoms with E-state index in [1.807, 2.05) is 90.8 Å². The Kier molecular flexibility index (Phi) is 5.84. The first-order chi connectivity index (χ1) is 16.6. The number of nitrogens with one attached hydrogen (secondary N) is 1. The molecule has 0 aliphatic rings. The molecule has 3 aromatic heterocycles. The fraction of sp³-hybridized carbons (Fsp3) is 0.0800. The highest BCUT2D eigenvalue weighted by molar-refractivity contribution is 7.13. The minimum absolute atomic E-state index is 0.243. The van der Waals surface area contributed by atoms with E-state index in [1.54, 1.807) is 22.1 Å². The van der Waals surface area contributed by atoms with Crippen LogP contribution in [0.15, 0.2) is 78.3 Å². The van der Waals surface area contributed by atoms with Crippen LogP contribution in [0.1, 0.15) is 17.0 Å². The first-order valence-corrected chi connectivity index (χ1v) is 11.5. The van der Waals surface area contributed by atoms with Crippen LogP contribution < -0.4 is 5.32 Å². The van der Waals surface area contributed by atoms with Gasteiger partial charge in [-0.15, -0.1) is 16.4 Å². The van der Waals surface area contributed by atoms with E-state index in [0.717, 1.165) is 33.1 Å². The molecule has 0 spiro atoms. The number of aryl methyl sites for hydroxylation is 2. The number of aromatic nitrogens is 6. The Labute approximate surface area is 200 Å². The second-order valence-corrected chi connectivity index (χ2v) is 8.60. The number of rotatable bonds is 6. The van der Waals surface area contributed by atoms with Crippen molar-refractivity contribution in [1.29, 1.82) is 0 Å². The monoisotopic (exact) mass is 467 g/mol. The molecule has 5 rings (SSSR count). The van der Waals surface area contributed by atoms with Gasteiger partial charge in [0.1, 0.15) is 5.69 Å². The number of carbonyl (C=O) groups is 1. The average Bonchev–Trinajstić information content (AvgIpc) is 3.60. The van der Waals surface area contributed by atoms with Crippen molar-refractivity contribution in [2.45, 2.75) is 13.8 Å². The molecule has 5 aromatic rings. The molecule has 0 saturated heterocycles. The Bertz CT molecular complexity index is 1470. The van der Waals surface area contributed by atoms with Gasteiger partial charge < -0.3 is 5.32 Å². The van der Waals surface area contributed by atoms with Gasteiger partial charge in [0.15, 0.2) is 5.82 Å². The number of amides is 1. The Morgan fingerprint density at radius 1 is 1.06 bits per heavy atom. The number of benzene rings is 2. The molecule has 0 aliphatic heterocycles. The van der Waals surface area contributed by atoms with Gasteiger partial charge in [-0.25, -0.2) is 4.68 Å². The van der Waals surface area contributed by atoms with Crippen molar-refractivity contribution in [2.24, 2.45) is 0 Å². The lowest BCUT2D eigenvalue weighted by atomic mass is 10.1. The predicted octanol–water partition coefficient (Wildman–Crippen LogP) is 4.85. The molecule has 0 bridgehead atoms. The summed E-state index contributed by atoms with van der Waals surface area (Å²) < 4.78 is 3.47. The molecular weight excluding hydrogens is 446 g/mol. The fourth-order valence-corrected chi connectivity index (χ4v) is 4.28. The number of thiophene rings is 1. The van der Waals surface area contributed by atoms with Gasteiger partial charge in [-0.1, -0.05) is 30.3 Å². The number of para-hydroxylation sites is 1. The quantitative estimate of drug-likeness (QED) is 0.361. The molecule has 0 fully saturated rings. The summed E-state index contributed by atoms with van der Waals surface area (Å²) in [5.41, 5.74) is 5.11. The minimum Gasteiger partial charge on any atom is -0.322 e. The lowest BCUT2D eigenvalue weighted by molar-refractivity contribution is -0.111. The number of anilines is 1. The van der Waals surface area contributed by atoms with Crippen LogP contribution in [0.3, 0.4) is 0 Å². The normalized spacial score (nSPS) is 11.2. The SMILES string of the molecule is Cc1ccc(NC(=O)/C=C/c2cn(-c3ccccc3)nc2-c2cccs2)cc1-n1nnnc1C. The topological polar surface area (TPSA) is 90.5 Å². The van der Waals surface area contributed by atoms with E-state index in [-0.39, 0.29) is 5.91 Å². The Morgan fingerprint density at radius 2 is 1.91 bits per heavy atom. The standard InChI is InChI=1S/C25H21N7OS/c1-17-10-12-20(15-22(17)32-18(2)27-29-30-32)26-24(33)13-11-19-16-31(21-7-4-3-5-8-21)28-25(19)23-9-6-14-34-23/h3-16H,1-2H3,(H,26,33)/b13-11+. The third kappa shape index (κ3) is 4.41. The first-order valence-electron chi connectivity index (χ1n) is 10.6. The highest BCUT2D eigenvalue weighted by atomic mass is 32.1. The van der Waals surface area contributed by atoms with Gasteiger partial charge in [0.05, 0.1) is 16.3 Å². The fourth-order valence-electron chi connectivity index (χ4n) is 3.55. The smallest absolute Gasteiger partial charge is 0.248 e. The largest absolute Gasteiger partial charge is 0.322 e. The summed E-state index contributed by atoms with van der Waals surface area (Å²) >= 11 is 1.61. The number of hydrogen-bond acceptors (Lipinski definition) is 6. The second kappa shape index (κ2) is 9.24.